The summed E-state index contributed by atoms with van der Waals surface area (Å²) in [5.74, 6) is 0.139. The van der Waals surface area contributed by atoms with Gasteiger partial charge in [-0.3, -0.25) is 9.59 Å². The van der Waals surface area contributed by atoms with Crippen molar-refractivity contribution in [2.75, 3.05) is 0 Å². The predicted molar refractivity (Wildman–Crippen MR) is 51.9 cm³/mol. The quantitative estimate of drug-likeness (QED) is 0.647. The van der Waals surface area contributed by atoms with E-state index < -0.39 is 0 Å². The molecule has 0 unspecified atom stereocenters. The third kappa shape index (κ3) is 1.98. The van der Waals surface area contributed by atoms with Crippen LogP contribution in [0.4, 0.5) is 0 Å². The second-order valence-electron chi connectivity index (χ2n) is 4.46. The first kappa shape index (κ1) is 10.5. The molecule has 0 saturated heterocycles. The maximum atomic E-state index is 10.9. The molecule has 0 radical (unpaired) electrons. The summed E-state index contributed by atoms with van der Waals surface area (Å²) in [5.41, 5.74) is 0. The fourth-order valence-electron chi connectivity index (χ4n) is 2.93. The summed E-state index contributed by atoms with van der Waals surface area (Å²) in [6.07, 6.45) is 2.88. The third-order valence-corrected chi connectivity index (χ3v) is 3.39. The standard InChI is InChI=1S/C11H16O4/c1-6(12)14-10-5-8-3-4-9(10)11(8)15-7(2)13/h8-11H,3-5H2,1-2H3/t8-,9+,10-,11-/m1/s1. The first-order chi connectivity index (χ1) is 7.08. The Morgan fingerprint density at radius 2 is 1.73 bits per heavy atom. The number of hydrogen-bond donors (Lipinski definition) is 0. The number of carbonyl (C=O) groups excluding carboxylic acids is 2. The van der Waals surface area contributed by atoms with Crippen LogP contribution in [-0.4, -0.2) is 24.1 Å². The van der Waals surface area contributed by atoms with Gasteiger partial charge < -0.3 is 9.47 Å². The average molecular weight is 212 g/mol. The molecule has 0 aromatic carbocycles. The Morgan fingerprint density at radius 1 is 1.07 bits per heavy atom. The van der Waals surface area contributed by atoms with Gasteiger partial charge in [0.1, 0.15) is 12.2 Å². The van der Waals surface area contributed by atoms with Crippen LogP contribution in [0.15, 0.2) is 0 Å². The van der Waals surface area contributed by atoms with Crippen molar-refractivity contribution in [1.82, 2.24) is 0 Å². The van der Waals surface area contributed by atoms with Crippen LogP contribution in [0.25, 0.3) is 0 Å². The van der Waals surface area contributed by atoms with Gasteiger partial charge >= 0.3 is 11.9 Å². The molecule has 0 heterocycles. The maximum Gasteiger partial charge on any atom is 0.302 e. The Bertz CT molecular complexity index is 286. The number of esters is 2. The van der Waals surface area contributed by atoms with Crippen LogP contribution >= 0.6 is 0 Å². The van der Waals surface area contributed by atoms with E-state index in [2.05, 4.69) is 0 Å². The van der Waals surface area contributed by atoms with Crippen LogP contribution in [0.1, 0.15) is 33.1 Å². The van der Waals surface area contributed by atoms with Gasteiger partial charge in [-0.2, -0.15) is 0 Å². The molecule has 2 aliphatic rings. The minimum absolute atomic E-state index is 0.0214. The van der Waals surface area contributed by atoms with E-state index in [1.54, 1.807) is 0 Å². The number of fused-ring (bicyclic) bond motifs is 2. The summed E-state index contributed by atoms with van der Waals surface area (Å²) >= 11 is 0. The van der Waals surface area contributed by atoms with Gasteiger partial charge in [0.05, 0.1) is 0 Å². The zero-order valence-corrected chi connectivity index (χ0v) is 9.06. The molecule has 0 spiro atoms. The molecule has 4 heteroatoms. The highest BCUT2D eigenvalue weighted by Gasteiger charge is 2.51. The molecule has 15 heavy (non-hydrogen) atoms. The molecular weight excluding hydrogens is 196 g/mol. The topological polar surface area (TPSA) is 52.6 Å². The number of rotatable bonds is 2. The molecule has 4 nitrogen and oxygen atoms in total. The van der Waals surface area contributed by atoms with Crippen molar-refractivity contribution in [1.29, 1.82) is 0 Å². The van der Waals surface area contributed by atoms with Gasteiger partial charge in [-0.1, -0.05) is 0 Å². The molecule has 2 bridgehead atoms. The van der Waals surface area contributed by atoms with Crippen LogP contribution in [0.2, 0.25) is 0 Å². The smallest absolute Gasteiger partial charge is 0.302 e. The van der Waals surface area contributed by atoms with Crippen LogP contribution < -0.4 is 0 Å². The van der Waals surface area contributed by atoms with E-state index in [0.717, 1.165) is 19.3 Å². The van der Waals surface area contributed by atoms with Crippen molar-refractivity contribution < 1.29 is 19.1 Å². The third-order valence-electron chi connectivity index (χ3n) is 3.39. The lowest BCUT2D eigenvalue weighted by Gasteiger charge is -2.21. The van der Waals surface area contributed by atoms with Crippen molar-refractivity contribution in [3.8, 4) is 0 Å². The lowest BCUT2D eigenvalue weighted by Crippen LogP contribution is -2.27. The van der Waals surface area contributed by atoms with E-state index in [9.17, 15) is 9.59 Å². The SMILES string of the molecule is CC(=O)O[C@@H]1[C@@H]2CC[C@H]1[C@H](OC(C)=O)C2. The van der Waals surface area contributed by atoms with E-state index in [4.69, 9.17) is 9.47 Å². The van der Waals surface area contributed by atoms with Gasteiger partial charge in [0, 0.05) is 19.8 Å². The highest BCUT2D eigenvalue weighted by atomic mass is 16.6. The molecule has 2 saturated carbocycles. The molecule has 84 valence electrons. The Kier molecular flexibility index (Phi) is 2.67. The van der Waals surface area contributed by atoms with Crippen LogP contribution in [0, 0.1) is 11.8 Å². The summed E-state index contributed by atoms with van der Waals surface area (Å²) in [6, 6.07) is 0. The van der Waals surface area contributed by atoms with E-state index in [0.29, 0.717) is 5.92 Å². The van der Waals surface area contributed by atoms with E-state index in [-0.39, 0.29) is 30.1 Å². The highest BCUT2D eigenvalue weighted by Crippen LogP contribution is 2.47. The zero-order valence-electron chi connectivity index (χ0n) is 9.06. The molecule has 0 N–H and O–H groups in total. The Labute approximate surface area is 88.9 Å². The van der Waals surface area contributed by atoms with Crippen molar-refractivity contribution in [3.05, 3.63) is 0 Å². The zero-order chi connectivity index (χ0) is 11.0. The second kappa shape index (κ2) is 3.83. The molecule has 2 rings (SSSR count). The van der Waals surface area contributed by atoms with Crippen LogP contribution in [-0.2, 0) is 19.1 Å². The minimum Gasteiger partial charge on any atom is -0.462 e. The average Bonchev–Trinajstić information content (AvgIpc) is 2.60. The largest absolute Gasteiger partial charge is 0.462 e. The molecule has 2 aliphatic carbocycles. The van der Waals surface area contributed by atoms with Crippen molar-refractivity contribution >= 4 is 11.9 Å². The van der Waals surface area contributed by atoms with Gasteiger partial charge in [0.15, 0.2) is 0 Å². The molecule has 0 aliphatic heterocycles. The summed E-state index contributed by atoms with van der Waals surface area (Å²) in [4.78, 5) is 21.8. The van der Waals surface area contributed by atoms with Crippen molar-refractivity contribution in [2.45, 2.75) is 45.3 Å². The summed E-state index contributed by atoms with van der Waals surface area (Å²) in [7, 11) is 0. The lowest BCUT2D eigenvalue weighted by atomic mass is 9.98. The minimum atomic E-state index is -0.242. The molecule has 0 amide bonds. The van der Waals surface area contributed by atoms with Gasteiger partial charge in [-0.15, -0.1) is 0 Å². The fraction of sp³-hybridized carbons (Fsp3) is 0.818. The normalized spacial score (nSPS) is 37.7. The molecule has 4 atom stereocenters. The lowest BCUT2D eigenvalue weighted by molar-refractivity contribution is -0.152. The van der Waals surface area contributed by atoms with Crippen LogP contribution in [0.5, 0.6) is 0 Å². The fourth-order valence-corrected chi connectivity index (χ4v) is 2.93. The van der Waals surface area contributed by atoms with E-state index in [1.165, 1.54) is 13.8 Å². The van der Waals surface area contributed by atoms with Gasteiger partial charge in [0.2, 0.25) is 0 Å². The number of carbonyl (C=O) groups is 2. The Hall–Kier alpha value is -1.06. The van der Waals surface area contributed by atoms with Crippen molar-refractivity contribution in [3.63, 3.8) is 0 Å². The van der Waals surface area contributed by atoms with Gasteiger partial charge in [-0.05, 0) is 25.2 Å². The summed E-state index contributed by atoms with van der Waals surface area (Å²) in [6.45, 7) is 2.85. The first-order valence-electron chi connectivity index (χ1n) is 5.42. The van der Waals surface area contributed by atoms with Gasteiger partial charge in [0.25, 0.3) is 0 Å². The summed E-state index contributed by atoms with van der Waals surface area (Å²) in [5, 5.41) is 0. The predicted octanol–water partition coefficient (Wildman–Crippen LogP) is 1.28. The number of ether oxygens (including phenoxy) is 2. The van der Waals surface area contributed by atoms with E-state index >= 15 is 0 Å². The van der Waals surface area contributed by atoms with E-state index in [1.807, 2.05) is 0 Å². The Balaban J connectivity index is 1.99. The number of hydrogen-bond acceptors (Lipinski definition) is 4. The van der Waals surface area contributed by atoms with Gasteiger partial charge in [-0.25, -0.2) is 0 Å². The van der Waals surface area contributed by atoms with Crippen LogP contribution in [0.3, 0.4) is 0 Å². The highest BCUT2D eigenvalue weighted by molar-refractivity contribution is 5.67. The monoisotopic (exact) mass is 212 g/mol. The molecule has 0 aromatic heterocycles. The first-order valence-corrected chi connectivity index (χ1v) is 5.42. The molecule has 0 aromatic rings. The van der Waals surface area contributed by atoms with Crippen molar-refractivity contribution in [2.24, 2.45) is 11.8 Å². The maximum absolute atomic E-state index is 10.9. The second-order valence-corrected chi connectivity index (χ2v) is 4.46. The molecular formula is C11H16O4. The summed E-state index contributed by atoms with van der Waals surface area (Å²) < 4.78 is 10.5. The Morgan fingerprint density at radius 3 is 2.33 bits per heavy atom. The molecule has 2 fully saturated rings.